The zero-order valence-electron chi connectivity index (χ0n) is 20.5. The summed E-state index contributed by atoms with van der Waals surface area (Å²) in [6, 6.07) is 22.7. The number of aromatic nitrogens is 7. The molecule has 9 heteroatoms. The Morgan fingerprint density at radius 3 is 2.56 bits per heavy atom. The van der Waals surface area contributed by atoms with Crippen molar-refractivity contribution in [3.63, 3.8) is 0 Å². The molecular weight excluding hydrogens is 488 g/mol. The van der Waals surface area contributed by atoms with Gasteiger partial charge < -0.3 is 10.3 Å². The Bertz CT molecular complexity index is 1960. The molecule has 0 saturated heterocycles. The summed E-state index contributed by atoms with van der Waals surface area (Å²) >= 11 is 0. The first-order valence-corrected chi connectivity index (χ1v) is 12.3. The van der Waals surface area contributed by atoms with Gasteiger partial charge in [0, 0.05) is 41.3 Å². The number of hydrogen-bond donors (Lipinski definition) is 3. The van der Waals surface area contributed by atoms with E-state index in [1.165, 1.54) is 0 Å². The van der Waals surface area contributed by atoms with Gasteiger partial charge in [0.15, 0.2) is 0 Å². The second-order valence-corrected chi connectivity index (χ2v) is 8.99. The van der Waals surface area contributed by atoms with Crippen molar-refractivity contribution in [2.24, 2.45) is 0 Å². The number of anilines is 1. The van der Waals surface area contributed by atoms with Crippen molar-refractivity contribution in [3.8, 4) is 33.8 Å². The maximum atomic E-state index is 12.6. The minimum absolute atomic E-state index is 0.200. The third kappa shape index (κ3) is 4.17. The summed E-state index contributed by atoms with van der Waals surface area (Å²) < 4.78 is 0. The number of pyridine rings is 4. The van der Waals surface area contributed by atoms with Gasteiger partial charge in [-0.25, -0.2) is 9.97 Å². The Kier molecular flexibility index (Phi) is 5.37. The van der Waals surface area contributed by atoms with E-state index in [4.69, 9.17) is 4.98 Å². The van der Waals surface area contributed by atoms with Crippen molar-refractivity contribution >= 4 is 33.7 Å². The Labute approximate surface area is 222 Å². The van der Waals surface area contributed by atoms with Gasteiger partial charge in [-0.2, -0.15) is 5.10 Å². The molecule has 0 aliphatic carbocycles. The predicted molar refractivity (Wildman–Crippen MR) is 150 cm³/mol. The normalized spacial score (nSPS) is 11.2. The molecule has 1 amide bonds. The van der Waals surface area contributed by atoms with Crippen molar-refractivity contribution in [2.75, 3.05) is 5.32 Å². The van der Waals surface area contributed by atoms with Gasteiger partial charge in [0.05, 0.1) is 28.8 Å². The quantitative estimate of drug-likeness (QED) is 0.267. The largest absolute Gasteiger partial charge is 0.338 e. The molecule has 39 heavy (non-hydrogen) atoms. The van der Waals surface area contributed by atoms with Crippen LogP contribution < -0.4 is 5.32 Å². The third-order valence-electron chi connectivity index (χ3n) is 6.51. The molecule has 0 radical (unpaired) electrons. The Balaban J connectivity index is 1.25. The molecule has 6 aromatic heterocycles. The molecule has 0 saturated carbocycles. The van der Waals surface area contributed by atoms with Gasteiger partial charge in [-0.3, -0.25) is 19.9 Å². The molecule has 7 aromatic rings. The van der Waals surface area contributed by atoms with Crippen LogP contribution in [0.4, 0.5) is 5.69 Å². The lowest BCUT2D eigenvalue weighted by Crippen LogP contribution is -2.11. The van der Waals surface area contributed by atoms with E-state index in [0.717, 1.165) is 38.9 Å². The smallest absolute Gasteiger partial charge is 0.255 e. The summed E-state index contributed by atoms with van der Waals surface area (Å²) in [4.78, 5) is 33.9. The average molecular weight is 509 g/mol. The molecule has 9 nitrogen and oxygen atoms in total. The maximum absolute atomic E-state index is 12.6. The summed E-state index contributed by atoms with van der Waals surface area (Å²) in [6.45, 7) is 0. The molecule has 186 valence electrons. The number of nitrogens with zero attached hydrogens (tertiary/aromatic N) is 5. The fraction of sp³-hybridized carbons (Fsp3) is 0. The number of hydrogen-bond acceptors (Lipinski definition) is 6. The topological polar surface area (TPSA) is 125 Å². The first-order chi connectivity index (χ1) is 19.2. The van der Waals surface area contributed by atoms with E-state index in [1.54, 1.807) is 43.1 Å². The minimum atomic E-state index is -0.200. The predicted octanol–water partition coefficient (Wildman–Crippen LogP) is 5.88. The molecule has 6 heterocycles. The molecule has 3 N–H and O–H groups in total. The zero-order chi connectivity index (χ0) is 26.2. The maximum Gasteiger partial charge on any atom is 0.255 e. The fourth-order valence-electron chi connectivity index (χ4n) is 4.63. The number of nitrogens with one attached hydrogen (secondary N) is 3. The lowest BCUT2D eigenvalue weighted by molar-refractivity contribution is 0.102. The van der Waals surface area contributed by atoms with E-state index in [-0.39, 0.29) is 5.91 Å². The highest BCUT2D eigenvalue weighted by molar-refractivity contribution is 6.04. The van der Waals surface area contributed by atoms with Gasteiger partial charge in [0.2, 0.25) is 0 Å². The van der Waals surface area contributed by atoms with E-state index in [1.807, 2.05) is 60.7 Å². The SMILES string of the molecule is O=C(Nc1cncc(-c2ccc3[nH]nc(-c4cc5c(-c6ccncc6)ccnc5[nH]4)c3n2)c1)c1ccccc1. The van der Waals surface area contributed by atoms with Crippen LogP contribution in [0.2, 0.25) is 0 Å². The van der Waals surface area contributed by atoms with Gasteiger partial charge in [0.1, 0.15) is 16.9 Å². The molecule has 0 atom stereocenters. The Morgan fingerprint density at radius 2 is 1.69 bits per heavy atom. The number of amides is 1. The Morgan fingerprint density at radius 1 is 0.821 bits per heavy atom. The minimum Gasteiger partial charge on any atom is -0.338 e. The van der Waals surface area contributed by atoms with E-state index in [9.17, 15) is 4.79 Å². The van der Waals surface area contributed by atoms with Crippen molar-refractivity contribution in [3.05, 3.63) is 109 Å². The fourth-order valence-corrected chi connectivity index (χ4v) is 4.63. The van der Waals surface area contributed by atoms with Crippen molar-refractivity contribution in [2.45, 2.75) is 0 Å². The molecular formula is C30H20N8O. The average Bonchev–Trinajstić information content (AvgIpc) is 3.62. The number of H-pyrrole nitrogens is 2. The number of carbonyl (C=O) groups excluding carboxylic acids is 1. The van der Waals surface area contributed by atoms with Crippen molar-refractivity contribution in [1.82, 2.24) is 35.1 Å². The van der Waals surface area contributed by atoms with Crippen molar-refractivity contribution < 1.29 is 4.79 Å². The van der Waals surface area contributed by atoms with E-state index in [2.05, 4.69) is 35.5 Å². The second kappa shape index (κ2) is 9.31. The molecule has 0 unspecified atom stereocenters. The van der Waals surface area contributed by atoms with Gasteiger partial charge in [-0.05, 0) is 65.7 Å². The standard InChI is InChI=1S/C30H20N8O/c39-30(19-4-2-1-3-5-19)34-21-14-20(16-32-17-21)24-6-7-25-27(35-24)28(38-37-25)26-15-23-22(10-13-33-29(23)36-26)18-8-11-31-12-9-18/h1-17H,(H,33,36)(H,34,39)(H,37,38). The first-order valence-electron chi connectivity index (χ1n) is 12.3. The van der Waals surface area contributed by atoms with Crippen LogP contribution in [0.15, 0.2) is 104 Å². The van der Waals surface area contributed by atoms with E-state index >= 15 is 0 Å². The highest BCUT2D eigenvalue weighted by atomic mass is 16.1. The molecule has 0 aliphatic heterocycles. The van der Waals surface area contributed by atoms with E-state index in [0.29, 0.717) is 28.2 Å². The third-order valence-corrected chi connectivity index (χ3v) is 6.51. The van der Waals surface area contributed by atoms with Crippen LogP contribution >= 0.6 is 0 Å². The molecule has 7 rings (SSSR count). The van der Waals surface area contributed by atoms with Crippen LogP contribution in [-0.4, -0.2) is 41.0 Å². The van der Waals surface area contributed by atoms with Gasteiger partial charge in [-0.15, -0.1) is 0 Å². The number of rotatable bonds is 5. The molecule has 1 aromatic carbocycles. The van der Waals surface area contributed by atoms with Gasteiger partial charge >= 0.3 is 0 Å². The monoisotopic (exact) mass is 508 g/mol. The lowest BCUT2D eigenvalue weighted by atomic mass is 10.1. The summed E-state index contributed by atoms with van der Waals surface area (Å²) in [7, 11) is 0. The lowest BCUT2D eigenvalue weighted by Gasteiger charge is -2.07. The van der Waals surface area contributed by atoms with Crippen LogP contribution in [0, 0.1) is 0 Å². The number of carbonyl (C=O) groups is 1. The summed E-state index contributed by atoms with van der Waals surface area (Å²) in [5, 5.41) is 11.5. The Hall–Kier alpha value is -5.70. The van der Waals surface area contributed by atoms with Crippen LogP contribution in [0.5, 0.6) is 0 Å². The summed E-state index contributed by atoms with van der Waals surface area (Å²) in [6.07, 6.45) is 8.68. The highest BCUT2D eigenvalue weighted by Gasteiger charge is 2.16. The summed E-state index contributed by atoms with van der Waals surface area (Å²) in [5.74, 6) is -0.200. The van der Waals surface area contributed by atoms with Crippen LogP contribution in [0.25, 0.3) is 55.8 Å². The molecule has 0 bridgehead atoms. The van der Waals surface area contributed by atoms with Crippen LogP contribution in [-0.2, 0) is 0 Å². The highest BCUT2D eigenvalue weighted by Crippen LogP contribution is 2.33. The van der Waals surface area contributed by atoms with Crippen molar-refractivity contribution in [1.29, 1.82) is 0 Å². The number of benzene rings is 1. The zero-order valence-corrected chi connectivity index (χ0v) is 20.5. The van der Waals surface area contributed by atoms with Crippen LogP contribution in [0.3, 0.4) is 0 Å². The van der Waals surface area contributed by atoms with E-state index < -0.39 is 0 Å². The molecule has 0 aliphatic rings. The molecule has 0 spiro atoms. The first kappa shape index (κ1) is 22.5. The number of aromatic amines is 2. The van der Waals surface area contributed by atoms with Gasteiger partial charge in [0.25, 0.3) is 5.91 Å². The second-order valence-electron chi connectivity index (χ2n) is 8.99. The molecule has 0 fully saturated rings. The number of fused-ring (bicyclic) bond motifs is 2. The summed E-state index contributed by atoms with van der Waals surface area (Å²) in [5.41, 5.74) is 8.52. The van der Waals surface area contributed by atoms with Crippen LogP contribution in [0.1, 0.15) is 10.4 Å². The van der Waals surface area contributed by atoms with Gasteiger partial charge in [-0.1, -0.05) is 18.2 Å².